The molecule has 1 aromatic heterocycles. The molecule has 0 atom stereocenters. The summed E-state index contributed by atoms with van der Waals surface area (Å²) in [5, 5.41) is 0. The van der Waals surface area contributed by atoms with Gasteiger partial charge in [0, 0.05) is 6.07 Å². The van der Waals surface area contributed by atoms with Gasteiger partial charge in [-0.2, -0.15) is 0 Å². The molecule has 3 rings (SSSR count). The average Bonchev–Trinajstić information content (AvgIpc) is 2.84. The van der Waals surface area contributed by atoms with E-state index in [1.807, 2.05) is 0 Å². The smallest absolute Gasteiger partial charge is 0.314 e. The highest BCUT2D eigenvalue weighted by atomic mass is 16.5. The summed E-state index contributed by atoms with van der Waals surface area (Å²) in [6.45, 7) is 5.23. The Morgan fingerprint density at radius 3 is 2.12 bits per heavy atom. The van der Waals surface area contributed by atoms with Gasteiger partial charge in [0.1, 0.15) is 5.75 Å². The van der Waals surface area contributed by atoms with E-state index in [-0.39, 0.29) is 11.9 Å². The van der Waals surface area contributed by atoms with Gasteiger partial charge in [-0.25, -0.2) is 4.98 Å². The van der Waals surface area contributed by atoms with E-state index in [1.54, 1.807) is 18.3 Å². The molecule has 180 valence electrons. The van der Waals surface area contributed by atoms with Crippen molar-refractivity contribution in [3.8, 4) is 11.6 Å². The minimum Gasteiger partial charge on any atom is -0.478 e. The molecule has 0 unspecified atom stereocenters. The van der Waals surface area contributed by atoms with Crippen LogP contribution in [0.15, 0.2) is 18.3 Å². The Morgan fingerprint density at radius 1 is 0.875 bits per heavy atom. The van der Waals surface area contributed by atoms with Gasteiger partial charge in [-0.05, 0) is 55.9 Å². The van der Waals surface area contributed by atoms with Gasteiger partial charge in [0.05, 0.1) is 18.7 Å². The third-order valence-corrected chi connectivity index (χ3v) is 7.88. The largest absolute Gasteiger partial charge is 0.478 e. The molecule has 0 spiro atoms. The van der Waals surface area contributed by atoms with Crippen LogP contribution in [0, 0.1) is 23.7 Å². The topological polar surface area (TPSA) is 48.4 Å². The summed E-state index contributed by atoms with van der Waals surface area (Å²) in [7, 11) is 0. The van der Waals surface area contributed by atoms with Crippen molar-refractivity contribution in [1.29, 1.82) is 0 Å². The molecular weight excluding hydrogens is 398 g/mol. The number of esters is 1. The maximum atomic E-state index is 12.6. The third-order valence-electron chi connectivity index (χ3n) is 7.88. The van der Waals surface area contributed by atoms with Gasteiger partial charge >= 0.3 is 5.97 Å². The first-order chi connectivity index (χ1) is 15.7. The Morgan fingerprint density at radius 2 is 1.53 bits per heavy atom. The lowest BCUT2D eigenvalue weighted by atomic mass is 9.75. The summed E-state index contributed by atoms with van der Waals surface area (Å²) in [5.74, 6) is 3.83. The van der Waals surface area contributed by atoms with Crippen molar-refractivity contribution in [3.05, 3.63) is 18.3 Å². The highest BCUT2D eigenvalue weighted by Gasteiger charge is 2.28. The van der Waals surface area contributed by atoms with E-state index in [9.17, 15) is 4.79 Å². The van der Waals surface area contributed by atoms with Crippen LogP contribution in [-0.2, 0) is 4.79 Å². The maximum absolute atomic E-state index is 12.6. The van der Waals surface area contributed by atoms with E-state index in [1.165, 1.54) is 77.0 Å². The highest BCUT2D eigenvalue weighted by molar-refractivity contribution is 5.75. The van der Waals surface area contributed by atoms with Gasteiger partial charge in [-0.3, -0.25) is 4.79 Å². The Balaban J connectivity index is 1.30. The van der Waals surface area contributed by atoms with Crippen LogP contribution in [0.4, 0.5) is 0 Å². The first kappa shape index (κ1) is 25.1. The number of hydrogen-bond acceptors (Lipinski definition) is 4. The molecule has 2 aliphatic carbocycles. The van der Waals surface area contributed by atoms with Crippen LogP contribution in [0.5, 0.6) is 11.6 Å². The summed E-state index contributed by atoms with van der Waals surface area (Å²) < 4.78 is 11.3. The van der Waals surface area contributed by atoms with Crippen molar-refractivity contribution >= 4 is 5.97 Å². The SMILES string of the molecule is CCCCCCOc1ccc(OC(=O)C2CCC(CCC3CCC(CC)CC3)CC2)cn1. The lowest BCUT2D eigenvalue weighted by Gasteiger charge is -2.31. The van der Waals surface area contributed by atoms with Crippen LogP contribution in [0.25, 0.3) is 0 Å². The van der Waals surface area contributed by atoms with Crippen molar-refractivity contribution < 1.29 is 14.3 Å². The lowest BCUT2D eigenvalue weighted by molar-refractivity contribution is -0.140. The van der Waals surface area contributed by atoms with Gasteiger partial charge in [0.2, 0.25) is 5.88 Å². The van der Waals surface area contributed by atoms with Crippen molar-refractivity contribution in [2.75, 3.05) is 6.61 Å². The first-order valence-corrected chi connectivity index (χ1v) is 13.5. The second-order valence-corrected chi connectivity index (χ2v) is 10.3. The fraction of sp³-hybridized carbons (Fsp3) is 0.786. The van der Waals surface area contributed by atoms with Crippen LogP contribution >= 0.6 is 0 Å². The van der Waals surface area contributed by atoms with Gasteiger partial charge in [0.15, 0.2) is 0 Å². The zero-order chi connectivity index (χ0) is 22.6. The van der Waals surface area contributed by atoms with Gasteiger partial charge in [0.25, 0.3) is 0 Å². The van der Waals surface area contributed by atoms with E-state index in [0.29, 0.717) is 18.2 Å². The maximum Gasteiger partial charge on any atom is 0.314 e. The molecule has 0 radical (unpaired) electrons. The zero-order valence-electron chi connectivity index (χ0n) is 20.5. The summed E-state index contributed by atoms with van der Waals surface area (Å²) in [4.78, 5) is 16.9. The molecule has 1 aromatic rings. The lowest BCUT2D eigenvalue weighted by Crippen LogP contribution is -2.26. The molecule has 32 heavy (non-hydrogen) atoms. The third kappa shape index (κ3) is 8.41. The van der Waals surface area contributed by atoms with Gasteiger partial charge in [-0.15, -0.1) is 0 Å². The molecule has 0 bridgehead atoms. The van der Waals surface area contributed by atoms with Crippen LogP contribution < -0.4 is 9.47 Å². The monoisotopic (exact) mass is 443 g/mol. The minimum absolute atomic E-state index is 0.0423. The Kier molecular flexibility index (Phi) is 10.8. The van der Waals surface area contributed by atoms with Crippen LogP contribution in [0.3, 0.4) is 0 Å². The van der Waals surface area contributed by atoms with E-state index in [4.69, 9.17) is 9.47 Å². The first-order valence-electron chi connectivity index (χ1n) is 13.5. The number of pyridine rings is 1. The molecule has 0 aliphatic heterocycles. The second kappa shape index (κ2) is 13.9. The normalized spacial score (nSPS) is 25.9. The second-order valence-electron chi connectivity index (χ2n) is 10.3. The molecule has 0 N–H and O–H groups in total. The van der Waals surface area contributed by atoms with Crippen LogP contribution in [0.1, 0.15) is 110 Å². The number of carbonyl (C=O) groups excluding carboxylic acids is 1. The highest BCUT2D eigenvalue weighted by Crippen LogP contribution is 2.37. The number of aromatic nitrogens is 1. The molecule has 4 heteroatoms. The zero-order valence-corrected chi connectivity index (χ0v) is 20.5. The van der Waals surface area contributed by atoms with Crippen molar-refractivity contribution in [3.63, 3.8) is 0 Å². The number of rotatable bonds is 12. The van der Waals surface area contributed by atoms with Crippen molar-refractivity contribution in [2.45, 2.75) is 110 Å². The predicted molar refractivity (Wildman–Crippen MR) is 130 cm³/mol. The van der Waals surface area contributed by atoms with Gasteiger partial charge < -0.3 is 9.47 Å². The van der Waals surface area contributed by atoms with Crippen LogP contribution in [0.2, 0.25) is 0 Å². The number of ether oxygens (including phenoxy) is 2. The van der Waals surface area contributed by atoms with E-state index in [0.717, 1.165) is 37.0 Å². The fourth-order valence-electron chi connectivity index (χ4n) is 5.50. The van der Waals surface area contributed by atoms with Crippen molar-refractivity contribution in [2.24, 2.45) is 23.7 Å². The van der Waals surface area contributed by atoms with E-state index in [2.05, 4.69) is 18.8 Å². The van der Waals surface area contributed by atoms with E-state index >= 15 is 0 Å². The Hall–Kier alpha value is -1.58. The van der Waals surface area contributed by atoms with Crippen molar-refractivity contribution in [1.82, 2.24) is 4.98 Å². The fourth-order valence-corrected chi connectivity index (χ4v) is 5.50. The number of carbonyl (C=O) groups is 1. The summed E-state index contributed by atoms with van der Waals surface area (Å²) in [6, 6.07) is 3.60. The standard InChI is InChI=1S/C28H45NO3/c1-3-5-6-7-20-31-27-19-18-26(21-29-27)32-28(30)25-16-14-24(15-17-25)13-12-23-10-8-22(4-2)9-11-23/h18-19,21-25H,3-17,20H2,1-2H3. The summed E-state index contributed by atoms with van der Waals surface area (Å²) in [6.07, 6.45) is 20.5. The molecule has 0 amide bonds. The molecule has 4 nitrogen and oxygen atoms in total. The molecule has 1 heterocycles. The number of nitrogens with zero attached hydrogens (tertiary/aromatic N) is 1. The number of unbranched alkanes of at least 4 members (excludes halogenated alkanes) is 3. The minimum atomic E-state index is -0.0867. The summed E-state index contributed by atoms with van der Waals surface area (Å²) >= 11 is 0. The van der Waals surface area contributed by atoms with E-state index < -0.39 is 0 Å². The number of hydrogen-bond donors (Lipinski definition) is 0. The Labute approximate surface area is 195 Å². The molecule has 0 aromatic carbocycles. The molecule has 2 aliphatic rings. The molecular formula is C28H45NO3. The summed E-state index contributed by atoms with van der Waals surface area (Å²) in [5.41, 5.74) is 0. The molecule has 0 saturated heterocycles. The predicted octanol–water partition coefficient (Wildman–Crippen LogP) is 7.75. The van der Waals surface area contributed by atoms with Crippen LogP contribution in [-0.4, -0.2) is 17.6 Å². The Bertz CT molecular complexity index is 643. The molecule has 2 saturated carbocycles. The quantitative estimate of drug-likeness (QED) is 0.245. The average molecular weight is 444 g/mol. The van der Waals surface area contributed by atoms with Gasteiger partial charge in [-0.1, -0.05) is 78.1 Å². The molecule has 2 fully saturated rings.